The molecule has 0 spiro atoms. The maximum absolute atomic E-state index is 13.1. The Hall–Kier alpha value is -2.67. The van der Waals surface area contributed by atoms with Crippen molar-refractivity contribution in [2.24, 2.45) is 0 Å². The summed E-state index contributed by atoms with van der Waals surface area (Å²) in [6.45, 7) is 9.55. The summed E-state index contributed by atoms with van der Waals surface area (Å²) in [5.74, 6) is -0.884. The SMILES string of the molecule is Cc1cc(NC(=O)CN2C(=O)NC(C)(c3ccc(C(C)(C)C)cc3)C2=O)ccc1Br. The van der Waals surface area contributed by atoms with Gasteiger partial charge in [-0.2, -0.15) is 0 Å². The summed E-state index contributed by atoms with van der Waals surface area (Å²) >= 11 is 3.41. The monoisotopic (exact) mass is 471 g/mol. The molecule has 158 valence electrons. The van der Waals surface area contributed by atoms with Crippen LogP contribution < -0.4 is 10.6 Å². The topological polar surface area (TPSA) is 78.5 Å². The summed E-state index contributed by atoms with van der Waals surface area (Å²) in [6.07, 6.45) is 0. The van der Waals surface area contributed by atoms with Crippen LogP contribution in [0, 0.1) is 6.92 Å². The third kappa shape index (κ3) is 4.26. The van der Waals surface area contributed by atoms with E-state index < -0.39 is 23.4 Å². The number of nitrogens with zero attached hydrogens (tertiary/aromatic N) is 1. The van der Waals surface area contributed by atoms with E-state index in [1.54, 1.807) is 13.0 Å². The molecule has 30 heavy (non-hydrogen) atoms. The molecule has 1 saturated heterocycles. The third-order valence-electron chi connectivity index (χ3n) is 5.35. The fourth-order valence-electron chi connectivity index (χ4n) is 3.41. The number of rotatable bonds is 4. The summed E-state index contributed by atoms with van der Waals surface area (Å²) < 4.78 is 0.933. The first-order valence-corrected chi connectivity index (χ1v) is 10.5. The van der Waals surface area contributed by atoms with Gasteiger partial charge in [-0.05, 0) is 54.2 Å². The Morgan fingerprint density at radius 2 is 1.77 bits per heavy atom. The van der Waals surface area contributed by atoms with Crippen LogP contribution in [0.2, 0.25) is 0 Å². The van der Waals surface area contributed by atoms with Crippen LogP contribution in [0.25, 0.3) is 0 Å². The van der Waals surface area contributed by atoms with Crippen molar-refractivity contribution in [3.8, 4) is 0 Å². The van der Waals surface area contributed by atoms with E-state index in [1.807, 2.05) is 43.3 Å². The minimum atomic E-state index is -1.21. The molecule has 0 bridgehead atoms. The van der Waals surface area contributed by atoms with Gasteiger partial charge in [-0.3, -0.25) is 14.5 Å². The van der Waals surface area contributed by atoms with E-state index in [9.17, 15) is 14.4 Å². The summed E-state index contributed by atoms with van der Waals surface area (Å²) in [6, 6.07) is 12.5. The molecule has 0 aliphatic carbocycles. The zero-order valence-corrected chi connectivity index (χ0v) is 19.4. The second-order valence-corrected chi connectivity index (χ2v) is 9.64. The van der Waals surface area contributed by atoms with Crippen LogP contribution in [-0.4, -0.2) is 29.3 Å². The lowest BCUT2D eigenvalue weighted by Crippen LogP contribution is -2.42. The van der Waals surface area contributed by atoms with E-state index in [0.717, 1.165) is 20.5 Å². The molecule has 0 aromatic heterocycles. The Bertz CT molecular complexity index is 1010. The van der Waals surface area contributed by atoms with Gasteiger partial charge in [0.2, 0.25) is 5.91 Å². The number of anilines is 1. The van der Waals surface area contributed by atoms with Gasteiger partial charge in [0.25, 0.3) is 5.91 Å². The molecule has 2 aromatic carbocycles. The lowest BCUT2D eigenvalue weighted by atomic mass is 9.84. The fraction of sp³-hybridized carbons (Fsp3) is 0.348. The average Bonchev–Trinajstić information content (AvgIpc) is 2.88. The average molecular weight is 472 g/mol. The van der Waals surface area contributed by atoms with Crippen LogP contribution in [-0.2, 0) is 20.5 Å². The number of hydrogen-bond acceptors (Lipinski definition) is 3. The minimum Gasteiger partial charge on any atom is -0.325 e. The van der Waals surface area contributed by atoms with E-state index in [0.29, 0.717) is 11.3 Å². The molecule has 0 saturated carbocycles. The minimum absolute atomic E-state index is 0.0160. The maximum Gasteiger partial charge on any atom is 0.325 e. The molecular weight excluding hydrogens is 446 g/mol. The van der Waals surface area contributed by atoms with Gasteiger partial charge < -0.3 is 10.6 Å². The number of imide groups is 1. The molecule has 6 nitrogen and oxygen atoms in total. The standard InChI is InChI=1S/C23H26BrN3O3/c1-14-12-17(10-11-18(14)24)25-19(28)13-27-20(29)23(5,26-21(27)30)16-8-6-15(7-9-16)22(2,3)4/h6-12H,13H2,1-5H3,(H,25,28)(H,26,30). The first kappa shape index (κ1) is 22.0. The van der Waals surface area contributed by atoms with Crippen molar-refractivity contribution < 1.29 is 14.4 Å². The quantitative estimate of drug-likeness (QED) is 0.645. The molecule has 4 amide bonds. The zero-order valence-electron chi connectivity index (χ0n) is 17.8. The fourth-order valence-corrected chi connectivity index (χ4v) is 3.65. The Morgan fingerprint density at radius 3 is 2.33 bits per heavy atom. The summed E-state index contributed by atoms with van der Waals surface area (Å²) in [5.41, 5.74) is 2.16. The van der Waals surface area contributed by atoms with Crippen LogP contribution in [0.1, 0.15) is 44.4 Å². The molecule has 1 atom stereocenters. The molecule has 2 N–H and O–H groups in total. The number of urea groups is 1. The van der Waals surface area contributed by atoms with Gasteiger partial charge in [0.1, 0.15) is 12.1 Å². The lowest BCUT2D eigenvalue weighted by molar-refractivity contribution is -0.133. The number of aryl methyl sites for hydroxylation is 1. The molecule has 2 aromatic rings. The van der Waals surface area contributed by atoms with E-state index in [-0.39, 0.29) is 12.0 Å². The summed E-state index contributed by atoms with van der Waals surface area (Å²) in [5, 5.41) is 5.48. The number of halogens is 1. The largest absolute Gasteiger partial charge is 0.325 e. The lowest BCUT2D eigenvalue weighted by Gasteiger charge is -2.24. The normalized spacial score (nSPS) is 19.1. The Balaban J connectivity index is 1.75. The van der Waals surface area contributed by atoms with Crippen LogP contribution in [0.4, 0.5) is 10.5 Å². The number of benzene rings is 2. The van der Waals surface area contributed by atoms with Crippen LogP contribution in [0.3, 0.4) is 0 Å². The van der Waals surface area contributed by atoms with Gasteiger partial charge in [0.15, 0.2) is 0 Å². The molecule has 1 aliphatic heterocycles. The van der Waals surface area contributed by atoms with E-state index in [4.69, 9.17) is 0 Å². The van der Waals surface area contributed by atoms with Crippen molar-refractivity contribution in [3.63, 3.8) is 0 Å². The predicted molar refractivity (Wildman–Crippen MR) is 120 cm³/mol. The third-order valence-corrected chi connectivity index (χ3v) is 6.24. The highest BCUT2D eigenvalue weighted by Crippen LogP contribution is 2.31. The second kappa shape index (κ2) is 7.87. The second-order valence-electron chi connectivity index (χ2n) is 8.79. The van der Waals surface area contributed by atoms with Gasteiger partial charge in [0.05, 0.1) is 0 Å². The number of carbonyl (C=O) groups is 3. The summed E-state index contributed by atoms with van der Waals surface area (Å²) in [7, 11) is 0. The molecule has 1 heterocycles. The van der Waals surface area contributed by atoms with Crippen molar-refractivity contribution in [2.75, 3.05) is 11.9 Å². The Kier molecular flexibility index (Phi) is 5.78. The first-order valence-electron chi connectivity index (χ1n) is 9.73. The molecule has 3 rings (SSSR count). The molecular formula is C23H26BrN3O3. The van der Waals surface area contributed by atoms with Crippen molar-refractivity contribution in [1.82, 2.24) is 10.2 Å². The van der Waals surface area contributed by atoms with Crippen LogP contribution in [0.15, 0.2) is 46.9 Å². The molecule has 1 fully saturated rings. The maximum atomic E-state index is 13.1. The highest BCUT2D eigenvalue weighted by Gasteiger charge is 2.49. The van der Waals surface area contributed by atoms with Gasteiger partial charge in [-0.1, -0.05) is 61.0 Å². The van der Waals surface area contributed by atoms with Crippen molar-refractivity contribution in [2.45, 2.75) is 45.6 Å². The highest BCUT2D eigenvalue weighted by molar-refractivity contribution is 9.10. The van der Waals surface area contributed by atoms with Gasteiger partial charge in [-0.25, -0.2) is 4.79 Å². The number of hydrogen-bond donors (Lipinski definition) is 2. The highest BCUT2D eigenvalue weighted by atomic mass is 79.9. The van der Waals surface area contributed by atoms with Gasteiger partial charge in [0, 0.05) is 10.2 Å². The van der Waals surface area contributed by atoms with E-state index in [1.165, 1.54) is 0 Å². The Morgan fingerprint density at radius 1 is 1.13 bits per heavy atom. The van der Waals surface area contributed by atoms with Gasteiger partial charge in [-0.15, -0.1) is 0 Å². The molecule has 0 radical (unpaired) electrons. The molecule has 1 aliphatic rings. The number of nitrogens with one attached hydrogen (secondary N) is 2. The zero-order chi connectivity index (χ0) is 22.3. The van der Waals surface area contributed by atoms with Crippen LogP contribution >= 0.6 is 15.9 Å². The number of amides is 4. The summed E-state index contributed by atoms with van der Waals surface area (Å²) in [4.78, 5) is 39.0. The van der Waals surface area contributed by atoms with E-state index >= 15 is 0 Å². The van der Waals surface area contributed by atoms with Gasteiger partial charge >= 0.3 is 6.03 Å². The molecule has 7 heteroatoms. The van der Waals surface area contributed by atoms with Crippen molar-refractivity contribution in [3.05, 3.63) is 63.6 Å². The first-order chi connectivity index (χ1) is 13.9. The Labute approximate surface area is 185 Å². The predicted octanol–water partition coefficient (Wildman–Crippen LogP) is 4.46. The number of carbonyl (C=O) groups excluding carboxylic acids is 3. The van der Waals surface area contributed by atoms with Crippen LogP contribution in [0.5, 0.6) is 0 Å². The smallest absolute Gasteiger partial charge is 0.325 e. The van der Waals surface area contributed by atoms with E-state index in [2.05, 4.69) is 47.3 Å². The molecule has 1 unspecified atom stereocenters. The van der Waals surface area contributed by atoms with Crippen molar-refractivity contribution >= 4 is 39.5 Å². The van der Waals surface area contributed by atoms with Crippen molar-refractivity contribution in [1.29, 1.82) is 0 Å².